The van der Waals surface area contributed by atoms with Crippen molar-refractivity contribution in [3.63, 3.8) is 0 Å². The molecular formula is C20H22N4O2. The SMILES string of the molecule is O=C(c1ccc2[nH]ccc2c1)N1CCn2cnc(COCC3CC3)c2C1. The summed E-state index contributed by atoms with van der Waals surface area (Å²) in [4.78, 5) is 22.6. The molecule has 1 N–H and O–H groups in total. The molecule has 6 nitrogen and oxygen atoms in total. The molecule has 26 heavy (non-hydrogen) atoms. The summed E-state index contributed by atoms with van der Waals surface area (Å²) >= 11 is 0. The highest BCUT2D eigenvalue weighted by Crippen LogP contribution is 2.29. The molecule has 0 unspecified atom stereocenters. The van der Waals surface area contributed by atoms with Crippen LogP contribution >= 0.6 is 0 Å². The second-order valence-corrected chi connectivity index (χ2v) is 7.30. The Kier molecular flexibility index (Phi) is 3.78. The Morgan fingerprint density at radius 3 is 3.08 bits per heavy atom. The molecule has 0 radical (unpaired) electrons. The van der Waals surface area contributed by atoms with Crippen molar-refractivity contribution in [2.75, 3.05) is 13.2 Å². The number of nitrogens with zero attached hydrogens (tertiary/aromatic N) is 3. The maximum atomic E-state index is 13.0. The van der Waals surface area contributed by atoms with E-state index in [0.717, 1.165) is 46.9 Å². The first-order valence-corrected chi connectivity index (χ1v) is 9.25. The predicted molar refractivity (Wildman–Crippen MR) is 97.6 cm³/mol. The molecule has 1 amide bonds. The van der Waals surface area contributed by atoms with Gasteiger partial charge in [-0.25, -0.2) is 4.98 Å². The summed E-state index contributed by atoms with van der Waals surface area (Å²) < 4.78 is 7.95. The monoisotopic (exact) mass is 350 g/mol. The Labute approximate surface area is 151 Å². The molecule has 6 heteroatoms. The van der Waals surface area contributed by atoms with E-state index in [1.54, 1.807) is 0 Å². The Morgan fingerprint density at radius 2 is 2.19 bits per heavy atom. The van der Waals surface area contributed by atoms with Gasteiger partial charge >= 0.3 is 0 Å². The lowest BCUT2D eigenvalue weighted by Crippen LogP contribution is -2.38. The molecule has 3 aromatic rings. The van der Waals surface area contributed by atoms with E-state index in [1.165, 1.54) is 12.8 Å². The Morgan fingerprint density at radius 1 is 1.27 bits per heavy atom. The van der Waals surface area contributed by atoms with Gasteiger partial charge in [0.25, 0.3) is 5.91 Å². The quantitative estimate of drug-likeness (QED) is 0.769. The van der Waals surface area contributed by atoms with Crippen LogP contribution in [0.2, 0.25) is 0 Å². The number of amides is 1. The molecule has 1 aliphatic heterocycles. The topological polar surface area (TPSA) is 63.2 Å². The zero-order valence-corrected chi connectivity index (χ0v) is 14.6. The first kappa shape index (κ1) is 15.6. The molecule has 1 saturated carbocycles. The molecule has 0 bridgehead atoms. The van der Waals surface area contributed by atoms with Crippen LogP contribution in [0.25, 0.3) is 10.9 Å². The fourth-order valence-corrected chi connectivity index (χ4v) is 3.58. The minimum Gasteiger partial charge on any atom is -0.375 e. The molecule has 2 aromatic heterocycles. The van der Waals surface area contributed by atoms with Gasteiger partial charge in [0, 0.05) is 42.4 Å². The van der Waals surface area contributed by atoms with Gasteiger partial charge in [-0.3, -0.25) is 4.79 Å². The molecule has 1 aromatic carbocycles. The maximum Gasteiger partial charge on any atom is 0.254 e. The van der Waals surface area contributed by atoms with E-state index in [9.17, 15) is 4.79 Å². The van der Waals surface area contributed by atoms with Crippen molar-refractivity contribution in [2.45, 2.75) is 32.5 Å². The molecule has 134 valence electrons. The van der Waals surface area contributed by atoms with Gasteiger partial charge in [0.15, 0.2) is 0 Å². The number of nitrogens with one attached hydrogen (secondary N) is 1. The minimum absolute atomic E-state index is 0.0744. The summed E-state index contributed by atoms with van der Waals surface area (Å²) in [5.41, 5.74) is 3.84. The summed E-state index contributed by atoms with van der Waals surface area (Å²) in [6, 6.07) is 7.81. The van der Waals surface area contributed by atoms with Crippen LogP contribution in [0, 0.1) is 5.92 Å². The van der Waals surface area contributed by atoms with Crippen molar-refractivity contribution >= 4 is 16.8 Å². The molecule has 5 rings (SSSR count). The number of aromatic nitrogens is 3. The van der Waals surface area contributed by atoms with Crippen molar-refractivity contribution in [3.05, 3.63) is 53.7 Å². The molecule has 1 aliphatic carbocycles. The first-order valence-electron chi connectivity index (χ1n) is 9.25. The Hall–Kier alpha value is -2.60. The largest absolute Gasteiger partial charge is 0.375 e. The number of ether oxygens (including phenoxy) is 1. The number of hydrogen-bond donors (Lipinski definition) is 1. The zero-order chi connectivity index (χ0) is 17.5. The number of hydrogen-bond acceptors (Lipinski definition) is 3. The normalized spacial score (nSPS) is 16.8. The van der Waals surface area contributed by atoms with Gasteiger partial charge < -0.3 is 19.2 Å². The fraction of sp³-hybridized carbons (Fsp3) is 0.400. The van der Waals surface area contributed by atoms with Crippen molar-refractivity contribution in [3.8, 4) is 0 Å². The first-order chi connectivity index (χ1) is 12.8. The average molecular weight is 350 g/mol. The number of rotatable bonds is 5. The van der Waals surface area contributed by atoms with Gasteiger partial charge in [-0.2, -0.15) is 0 Å². The smallest absolute Gasteiger partial charge is 0.254 e. The summed E-state index contributed by atoms with van der Waals surface area (Å²) in [5.74, 6) is 0.820. The van der Waals surface area contributed by atoms with Crippen LogP contribution in [0.4, 0.5) is 0 Å². The van der Waals surface area contributed by atoms with Crippen molar-refractivity contribution in [2.24, 2.45) is 5.92 Å². The Bertz CT molecular complexity index is 954. The Balaban J connectivity index is 1.32. The van der Waals surface area contributed by atoms with Crippen LogP contribution in [0.1, 0.15) is 34.6 Å². The number of aromatic amines is 1. The highest BCUT2D eigenvalue weighted by molar-refractivity contribution is 5.98. The standard InChI is InChI=1S/C20H22N4O2/c25-20(16-3-4-17-15(9-16)5-6-21-17)23-7-8-24-13-22-18(19(24)10-23)12-26-11-14-1-2-14/h3-6,9,13-14,21H,1-2,7-8,10-12H2. The van der Waals surface area contributed by atoms with Gasteiger partial charge in [0.05, 0.1) is 30.9 Å². The summed E-state index contributed by atoms with van der Waals surface area (Å²) in [5, 5.41) is 1.06. The summed E-state index contributed by atoms with van der Waals surface area (Å²) in [6.45, 7) is 3.44. The van der Waals surface area contributed by atoms with Crippen molar-refractivity contribution in [1.29, 1.82) is 0 Å². The van der Waals surface area contributed by atoms with E-state index in [-0.39, 0.29) is 5.91 Å². The highest BCUT2D eigenvalue weighted by Gasteiger charge is 2.26. The lowest BCUT2D eigenvalue weighted by molar-refractivity contribution is 0.0704. The number of H-pyrrole nitrogens is 1. The lowest BCUT2D eigenvalue weighted by Gasteiger charge is -2.29. The number of carbonyl (C=O) groups is 1. The summed E-state index contributed by atoms with van der Waals surface area (Å²) in [7, 11) is 0. The average Bonchev–Trinajstić information content (AvgIpc) is 3.22. The second-order valence-electron chi connectivity index (χ2n) is 7.30. The van der Waals surface area contributed by atoms with E-state index >= 15 is 0 Å². The van der Waals surface area contributed by atoms with Crippen molar-refractivity contribution < 1.29 is 9.53 Å². The number of carbonyl (C=O) groups excluding carboxylic acids is 1. The predicted octanol–water partition coefficient (Wildman–Crippen LogP) is 2.95. The van der Waals surface area contributed by atoms with Gasteiger partial charge in [0.2, 0.25) is 0 Å². The minimum atomic E-state index is 0.0744. The molecule has 1 fully saturated rings. The third-order valence-electron chi connectivity index (χ3n) is 5.36. The lowest BCUT2D eigenvalue weighted by atomic mass is 10.1. The summed E-state index contributed by atoms with van der Waals surface area (Å²) in [6.07, 6.45) is 6.34. The van der Waals surface area contributed by atoms with E-state index < -0.39 is 0 Å². The van der Waals surface area contributed by atoms with E-state index in [2.05, 4.69) is 14.5 Å². The van der Waals surface area contributed by atoms with Gasteiger partial charge in [-0.15, -0.1) is 0 Å². The van der Waals surface area contributed by atoms with Crippen LogP contribution in [0.5, 0.6) is 0 Å². The highest BCUT2D eigenvalue weighted by atomic mass is 16.5. The fourth-order valence-electron chi connectivity index (χ4n) is 3.58. The van der Waals surface area contributed by atoms with Crippen LogP contribution in [0.15, 0.2) is 36.8 Å². The van der Waals surface area contributed by atoms with E-state index in [0.29, 0.717) is 19.7 Å². The van der Waals surface area contributed by atoms with Crippen LogP contribution in [-0.2, 0) is 24.4 Å². The third-order valence-corrected chi connectivity index (χ3v) is 5.36. The second kappa shape index (κ2) is 6.29. The van der Waals surface area contributed by atoms with E-state index in [4.69, 9.17) is 4.74 Å². The van der Waals surface area contributed by atoms with Crippen LogP contribution in [0.3, 0.4) is 0 Å². The molecule has 2 aliphatic rings. The molecule has 0 spiro atoms. The molecular weight excluding hydrogens is 328 g/mol. The molecule has 3 heterocycles. The van der Waals surface area contributed by atoms with Gasteiger partial charge in [0.1, 0.15) is 0 Å². The van der Waals surface area contributed by atoms with Gasteiger partial charge in [-0.1, -0.05) is 0 Å². The van der Waals surface area contributed by atoms with Crippen LogP contribution in [-0.4, -0.2) is 38.5 Å². The molecule has 0 atom stereocenters. The maximum absolute atomic E-state index is 13.0. The number of imidazole rings is 1. The van der Waals surface area contributed by atoms with Gasteiger partial charge in [-0.05, 0) is 43.0 Å². The number of fused-ring (bicyclic) bond motifs is 2. The number of benzene rings is 1. The van der Waals surface area contributed by atoms with Crippen molar-refractivity contribution in [1.82, 2.24) is 19.4 Å². The zero-order valence-electron chi connectivity index (χ0n) is 14.6. The molecule has 0 saturated heterocycles. The van der Waals surface area contributed by atoms with Crippen LogP contribution < -0.4 is 0 Å². The third kappa shape index (κ3) is 2.90. The van der Waals surface area contributed by atoms with E-state index in [1.807, 2.05) is 41.7 Å².